The number of halogens is 1. The zero-order valence-electron chi connectivity index (χ0n) is 12.6. The molecule has 21 heavy (non-hydrogen) atoms. The van der Waals surface area contributed by atoms with E-state index in [0.717, 1.165) is 18.5 Å². The van der Waals surface area contributed by atoms with Gasteiger partial charge in [0.05, 0.1) is 5.56 Å². The predicted octanol–water partition coefficient (Wildman–Crippen LogP) is 1.70. The molecule has 4 nitrogen and oxygen atoms in total. The van der Waals surface area contributed by atoms with E-state index in [2.05, 4.69) is 0 Å². The van der Waals surface area contributed by atoms with Gasteiger partial charge in [-0.2, -0.15) is 0 Å². The summed E-state index contributed by atoms with van der Waals surface area (Å²) < 4.78 is 14.2. The Morgan fingerprint density at radius 1 is 1.33 bits per heavy atom. The Balaban J connectivity index is 1.77. The zero-order valence-corrected chi connectivity index (χ0v) is 12.6. The van der Waals surface area contributed by atoms with E-state index in [0.29, 0.717) is 24.9 Å². The van der Waals surface area contributed by atoms with Crippen LogP contribution in [-0.2, 0) is 0 Å². The fourth-order valence-corrected chi connectivity index (χ4v) is 3.60. The molecule has 2 N–H and O–H groups in total. The highest BCUT2D eigenvalue weighted by Gasteiger charge is 2.42. The molecular weight excluding hydrogens is 269 g/mol. The summed E-state index contributed by atoms with van der Waals surface area (Å²) >= 11 is 0. The van der Waals surface area contributed by atoms with Gasteiger partial charge in [0.25, 0.3) is 5.91 Å². The van der Waals surface area contributed by atoms with Gasteiger partial charge in [0, 0.05) is 38.9 Å². The summed E-state index contributed by atoms with van der Waals surface area (Å²) in [5.74, 6) is 0.220. The van der Waals surface area contributed by atoms with Crippen molar-refractivity contribution in [1.29, 1.82) is 0 Å². The van der Waals surface area contributed by atoms with Crippen molar-refractivity contribution < 1.29 is 9.18 Å². The average Bonchev–Trinajstić information content (AvgIpc) is 3.00. The first kappa shape index (κ1) is 14.3. The first-order valence-corrected chi connectivity index (χ1v) is 7.49. The van der Waals surface area contributed by atoms with Crippen molar-refractivity contribution in [2.45, 2.75) is 18.9 Å². The van der Waals surface area contributed by atoms with Gasteiger partial charge in [-0.25, -0.2) is 4.39 Å². The third kappa shape index (κ3) is 2.50. The van der Waals surface area contributed by atoms with Crippen LogP contribution in [-0.4, -0.2) is 44.0 Å². The van der Waals surface area contributed by atoms with Gasteiger partial charge >= 0.3 is 0 Å². The second-order valence-corrected chi connectivity index (χ2v) is 6.43. The molecule has 5 heteroatoms. The summed E-state index contributed by atoms with van der Waals surface area (Å²) in [6.07, 6.45) is 2.13. The second-order valence-electron chi connectivity index (χ2n) is 6.43. The van der Waals surface area contributed by atoms with Gasteiger partial charge in [0.1, 0.15) is 5.82 Å². The molecule has 0 radical (unpaired) electrons. The highest BCUT2D eigenvalue weighted by Crippen LogP contribution is 2.37. The molecule has 3 rings (SSSR count). The molecule has 114 valence electrons. The molecule has 2 fully saturated rings. The Morgan fingerprint density at radius 2 is 2.10 bits per heavy atom. The van der Waals surface area contributed by atoms with E-state index in [1.807, 2.05) is 19.0 Å². The van der Waals surface area contributed by atoms with Crippen LogP contribution in [0.1, 0.15) is 23.2 Å². The Labute approximate surface area is 124 Å². The van der Waals surface area contributed by atoms with Gasteiger partial charge in [-0.15, -0.1) is 0 Å². The summed E-state index contributed by atoms with van der Waals surface area (Å²) in [4.78, 5) is 16.1. The molecular formula is C16H22FN3O. The number of anilines is 1. The summed E-state index contributed by atoms with van der Waals surface area (Å²) in [6, 6.07) is 4.96. The maximum absolute atomic E-state index is 14.2. The Kier molecular flexibility index (Phi) is 3.61. The van der Waals surface area contributed by atoms with Crippen molar-refractivity contribution in [3.8, 4) is 0 Å². The van der Waals surface area contributed by atoms with Gasteiger partial charge in [0.2, 0.25) is 0 Å². The molecule has 3 atom stereocenters. The topological polar surface area (TPSA) is 49.6 Å². The molecule has 1 aromatic rings. The standard InChI is InChI=1S/C16H22FN3O/c1-19(2)11-4-5-12(14(17)7-11)16(21)20-8-10-3-6-15(18)13(10)9-20/h4-5,7,10,13,15H,3,6,8-9,18H2,1-2H3. The van der Waals surface area contributed by atoms with Crippen molar-refractivity contribution >= 4 is 11.6 Å². The summed E-state index contributed by atoms with van der Waals surface area (Å²) in [5.41, 5.74) is 7.00. The molecule has 1 saturated carbocycles. The van der Waals surface area contributed by atoms with Crippen LogP contribution >= 0.6 is 0 Å². The molecule has 0 aromatic heterocycles. The zero-order chi connectivity index (χ0) is 15.1. The highest BCUT2D eigenvalue weighted by molar-refractivity contribution is 5.95. The lowest BCUT2D eigenvalue weighted by Gasteiger charge is -2.20. The van der Waals surface area contributed by atoms with Crippen LogP contribution < -0.4 is 10.6 Å². The lowest BCUT2D eigenvalue weighted by Crippen LogP contribution is -2.33. The lowest BCUT2D eigenvalue weighted by atomic mass is 9.98. The maximum Gasteiger partial charge on any atom is 0.256 e. The average molecular weight is 291 g/mol. The Morgan fingerprint density at radius 3 is 2.71 bits per heavy atom. The molecule has 1 heterocycles. The fourth-order valence-electron chi connectivity index (χ4n) is 3.60. The number of rotatable bonds is 2. The smallest absolute Gasteiger partial charge is 0.256 e. The quantitative estimate of drug-likeness (QED) is 0.902. The van der Waals surface area contributed by atoms with Crippen LogP contribution in [0.25, 0.3) is 0 Å². The lowest BCUT2D eigenvalue weighted by molar-refractivity contribution is 0.0775. The number of hydrogen-bond acceptors (Lipinski definition) is 3. The number of carbonyl (C=O) groups is 1. The highest BCUT2D eigenvalue weighted by atomic mass is 19.1. The Bertz CT molecular complexity index is 560. The molecule has 1 aromatic carbocycles. The number of likely N-dealkylation sites (tertiary alicyclic amines) is 1. The van der Waals surface area contributed by atoms with Gasteiger partial charge < -0.3 is 15.5 Å². The summed E-state index contributed by atoms with van der Waals surface area (Å²) in [6.45, 7) is 1.38. The van der Waals surface area contributed by atoms with Crippen LogP contribution in [0.2, 0.25) is 0 Å². The number of fused-ring (bicyclic) bond motifs is 1. The number of amides is 1. The maximum atomic E-state index is 14.2. The number of hydrogen-bond donors (Lipinski definition) is 1. The number of nitrogens with zero attached hydrogens (tertiary/aromatic N) is 2. The molecule has 0 bridgehead atoms. The fraction of sp³-hybridized carbons (Fsp3) is 0.562. The van der Waals surface area contributed by atoms with E-state index < -0.39 is 5.82 Å². The summed E-state index contributed by atoms with van der Waals surface area (Å²) in [7, 11) is 3.69. The van der Waals surface area contributed by atoms with Crippen molar-refractivity contribution in [2.24, 2.45) is 17.6 Å². The van der Waals surface area contributed by atoms with Crippen molar-refractivity contribution in [3.05, 3.63) is 29.6 Å². The van der Waals surface area contributed by atoms with E-state index in [1.54, 1.807) is 17.0 Å². The van der Waals surface area contributed by atoms with Gasteiger partial charge in [-0.3, -0.25) is 4.79 Å². The molecule has 1 amide bonds. The van der Waals surface area contributed by atoms with Crippen LogP contribution in [0, 0.1) is 17.7 Å². The SMILES string of the molecule is CN(C)c1ccc(C(=O)N2CC3CCC(N)C3C2)c(F)c1. The predicted molar refractivity (Wildman–Crippen MR) is 80.8 cm³/mol. The second kappa shape index (κ2) is 5.30. The number of carbonyl (C=O) groups excluding carboxylic acids is 1. The molecule has 0 spiro atoms. The van der Waals surface area contributed by atoms with Gasteiger partial charge in [-0.05, 0) is 42.9 Å². The molecule has 1 aliphatic heterocycles. The first-order chi connectivity index (χ1) is 9.97. The van der Waals surface area contributed by atoms with Crippen LogP contribution in [0.4, 0.5) is 10.1 Å². The van der Waals surface area contributed by atoms with Crippen molar-refractivity contribution in [1.82, 2.24) is 4.90 Å². The van der Waals surface area contributed by atoms with E-state index in [-0.39, 0.29) is 17.5 Å². The van der Waals surface area contributed by atoms with Crippen LogP contribution in [0.15, 0.2) is 18.2 Å². The van der Waals surface area contributed by atoms with Gasteiger partial charge in [-0.1, -0.05) is 0 Å². The molecule has 3 unspecified atom stereocenters. The van der Waals surface area contributed by atoms with Crippen molar-refractivity contribution in [2.75, 3.05) is 32.1 Å². The van der Waals surface area contributed by atoms with Crippen LogP contribution in [0.3, 0.4) is 0 Å². The van der Waals surface area contributed by atoms with Crippen molar-refractivity contribution in [3.63, 3.8) is 0 Å². The first-order valence-electron chi connectivity index (χ1n) is 7.49. The van der Waals surface area contributed by atoms with Crippen LogP contribution in [0.5, 0.6) is 0 Å². The third-order valence-corrected chi connectivity index (χ3v) is 4.90. The minimum Gasteiger partial charge on any atom is -0.378 e. The molecule has 1 saturated heterocycles. The number of nitrogens with two attached hydrogens (primary N) is 1. The monoisotopic (exact) mass is 291 g/mol. The van der Waals surface area contributed by atoms with E-state index >= 15 is 0 Å². The van der Waals surface area contributed by atoms with E-state index in [4.69, 9.17) is 5.73 Å². The minimum atomic E-state index is -0.451. The van der Waals surface area contributed by atoms with E-state index in [1.165, 1.54) is 6.07 Å². The molecule has 2 aliphatic rings. The minimum absolute atomic E-state index is 0.161. The number of benzene rings is 1. The normalized spacial score (nSPS) is 27.8. The van der Waals surface area contributed by atoms with Gasteiger partial charge in [0.15, 0.2) is 0 Å². The molecule has 1 aliphatic carbocycles. The largest absolute Gasteiger partial charge is 0.378 e. The third-order valence-electron chi connectivity index (χ3n) is 4.90. The Hall–Kier alpha value is -1.62. The van der Waals surface area contributed by atoms with E-state index in [9.17, 15) is 9.18 Å². The summed E-state index contributed by atoms with van der Waals surface area (Å²) in [5, 5.41) is 0.